The Labute approximate surface area is 127 Å². The lowest BCUT2D eigenvalue weighted by atomic mass is 10.1. The summed E-state index contributed by atoms with van der Waals surface area (Å²) < 4.78 is 0. The van der Waals surface area contributed by atoms with E-state index in [9.17, 15) is 4.79 Å². The largest absolute Gasteiger partial charge is 0.369 e. The number of nitrogens with zero attached hydrogens (tertiary/aromatic N) is 2. The molecule has 1 rings (SSSR count). The number of amides is 1. The number of hydrogen-bond acceptors (Lipinski definition) is 4. The Morgan fingerprint density at radius 2 is 1.67 bits per heavy atom. The molecule has 0 fully saturated rings. The highest BCUT2D eigenvalue weighted by Crippen LogP contribution is 2.09. The molecule has 0 saturated carbocycles. The van der Waals surface area contributed by atoms with E-state index in [2.05, 4.69) is 27.8 Å². The van der Waals surface area contributed by atoms with Crippen LogP contribution in [0.3, 0.4) is 0 Å². The molecular weight excluding hydrogens is 264 g/mol. The van der Waals surface area contributed by atoms with Crippen LogP contribution in [0, 0.1) is 0 Å². The SMILES string of the molecule is CCCCCCCCCCNc1ccc(C(=O)NC)nn1. The monoisotopic (exact) mass is 292 g/mol. The minimum absolute atomic E-state index is 0.211. The van der Waals surface area contributed by atoms with E-state index in [1.54, 1.807) is 19.2 Å². The Hall–Kier alpha value is -1.65. The molecule has 1 amide bonds. The molecule has 0 aliphatic rings. The minimum Gasteiger partial charge on any atom is -0.369 e. The number of unbranched alkanes of at least 4 members (excludes halogenated alkanes) is 7. The molecule has 0 spiro atoms. The highest BCUT2D eigenvalue weighted by atomic mass is 16.1. The summed E-state index contributed by atoms with van der Waals surface area (Å²) in [6.45, 7) is 3.15. The van der Waals surface area contributed by atoms with Crippen molar-refractivity contribution in [2.75, 3.05) is 18.9 Å². The molecule has 1 aromatic rings. The fourth-order valence-corrected chi connectivity index (χ4v) is 2.15. The van der Waals surface area contributed by atoms with Crippen LogP contribution in [0.25, 0.3) is 0 Å². The highest BCUT2D eigenvalue weighted by molar-refractivity contribution is 5.91. The van der Waals surface area contributed by atoms with Crippen molar-refractivity contribution in [1.82, 2.24) is 15.5 Å². The maximum atomic E-state index is 11.3. The van der Waals surface area contributed by atoms with E-state index in [1.165, 1.54) is 44.9 Å². The number of rotatable bonds is 11. The molecule has 5 nitrogen and oxygen atoms in total. The van der Waals surface area contributed by atoms with Crippen molar-refractivity contribution in [2.24, 2.45) is 0 Å². The van der Waals surface area contributed by atoms with Crippen LogP contribution in [-0.2, 0) is 0 Å². The van der Waals surface area contributed by atoms with Gasteiger partial charge in [-0.3, -0.25) is 4.79 Å². The van der Waals surface area contributed by atoms with Crippen molar-refractivity contribution in [2.45, 2.75) is 58.3 Å². The third-order valence-corrected chi connectivity index (χ3v) is 3.46. The van der Waals surface area contributed by atoms with Gasteiger partial charge in [0.2, 0.25) is 0 Å². The van der Waals surface area contributed by atoms with Gasteiger partial charge in [-0.2, -0.15) is 0 Å². The third-order valence-electron chi connectivity index (χ3n) is 3.46. The fourth-order valence-electron chi connectivity index (χ4n) is 2.15. The second-order valence-electron chi connectivity index (χ2n) is 5.28. The summed E-state index contributed by atoms with van der Waals surface area (Å²) >= 11 is 0. The molecule has 118 valence electrons. The van der Waals surface area contributed by atoms with Crippen molar-refractivity contribution < 1.29 is 4.79 Å². The summed E-state index contributed by atoms with van der Waals surface area (Å²) in [5.74, 6) is 0.516. The maximum absolute atomic E-state index is 11.3. The molecule has 0 aliphatic heterocycles. The topological polar surface area (TPSA) is 66.9 Å². The average Bonchev–Trinajstić information content (AvgIpc) is 2.53. The zero-order chi connectivity index (χ0) is 15.3. The summed E-state index contributed by atoms with van der Waals surface area (Å²) in [6.07, 6.45) is 10.5. The molecule has 2 N–H and O–H groups in total. The Morgan fingerprint density at radius 1 is 1.00 bits per heavy atom. The van der Waals surface area contributed by atoms with E-state index in [0.29, 0.717) is 5.69 Å². The van der Waals surface area contributed by atoms with Gasteiger partial charge in [0.1, 0.15) is 5.82 Å². The lowest BCUT2D eigenvalue weighted by molar-refractivity contribution is 0.0957. The molecular formula is C16H28N4O. The van der Waals surface area contributed by atoms with Crippen LogP contribution in [0.1, 0.15) is 68.8 Å². The first kappa shape index (κ1) is 17.4. The van der Waals surface area contributed by atoms with E-state index >= 15 is 0 Å². The van der Waals surface area contributed by atoms with Gasteiger partial charge >= 0.3 is 0 Å². The fraction of sp³-hybridized carbons (Fsp3) is 0.688. The van der Waals surface area contributed by atoms with E-state index in [1.807, 2.05) is 0 Å². The van der Waals surface area contributed by atoms with Crippen LogP contribution in [0.2, 0.25) is 0 Å². The van der Waals surface area contributed by atoms with Crippen LogP contribution in [0.5, 0.6) is 0 Å². The molecule has 0 aromatic carbocycles. The molecule has 0 radical (unpaired) electrons. The van der Waals surface area contributed by atoms with Gasteiger partial charge in [-0.25, -0.2) is 0 Å². The Bertz CT molecular complexity index is 392. The second kappa shape index (κ2) is 11.1. The quantitative estimate of drug-likeness (QED) is 0.613. The van der Waals surface area contributed by atoms with E-state index in [-0.39, 0.29) is 5.91 Å². The van der Waals surface area contributed by atoms with Crippen LogP contribution in [0.15, 0.2) is 12.1 Å². The van der Waals surface area contributed by atoms with E-state index < -0.39 is 0 Å². The van der Waals surface area contributed by atoms with Crippen molar-refractivity contribution in [3.63, 3.8) is 0 Å². The number of anilines is 1. The van der Waals surface area contributed by atoms with Gasteiger partial charge < -0.3 is 10.6 Å². The number of carbonyl (C=O) groups excluding carboxylic acids is 1. The molecule has 1 heterocycles. The number of carbonyl (C=O) groups is 1. The Kier molecular flexibility index (Phi) is 9.16. The molecule has 0 atom stereocenters. The summed E-state index contributed by atoms with van der Waals surface area (Å²) in [6, 6.07) is 3.48. The molecule has 0 saturated heterocycles. The van der Waals surface area contributed by atoms with Gasteiger partial charge in [0, 0.05) is 13.6 Å². The molecule has 0 aliphatic carbocycles. The Balaban J connectivity index is 2.06. The molecule has 21 heavy (non-hydrogen) atoms. The Morgan fingerprint density at radius 3 is 2.24 bits per heavy atom. The number of aromatic nitrogens is 2. The van der Waals surface area contributed by atoms with Crippen molar-refractivity contribution >= 4 is 11.7 Å². The lowest BCUT2D eigenvalue weighted by Gasteiger charge is -2.05. The number of hydrogen-bond donors (Lipinski definition) is 2. The second-order valence-corrected chi connectivity index (χ2v) is 5.28. The summed E-state index contributed by atoms with van der Waals surface area (Å²) in [5, 5.41) is 13.6. The first-order valence-corrected chi connectivity index (χ1v) is 8.07. The van der Waals surface area contributed by atoms with Crippen molar-refractivity contribution in [3.05, 3.63) is 17.8 Å². The molecule has 0 bridgehead atoms. The average molecular weight is 292 g/mol. The van der Waals surface area contributed by atoms with E-state index in [0.717, 1.165) is 18.8 Å². The smallest absolute Gasteiger partial charge is 0.271 e. The van der Waals surface area contributed by atoms with Gasteiger partial charge in [-0.05, 0) is 18.6 Å². The summed E-state index contributed by atoms with van der Waals surface area (Å²) in [4.78, 5) is 11.3. The first-order chi connectivity index (χ1) is 10.3. The van der Waals surface area contributed by atoms with E-state index in [4.69, 9.17) is 0 Å². The normalized spacial score (nSPS) is 10.4. The summed E-state index contributed by atoms with van der Waals surface area (Å²) in [5.41, 5.74) is 0.343. The van der Waals surface area contributed by atoms with Crippen molar-refractivity contribution in [3.8, 4) is 0 Å². The lowest BCUT2D eigenvalue weighted by Crippen LogP contribution is -2.19. The summed E-state index contributed by atoms with van der Waals surface area (Å²) in [7, 11) is 1.58. The van der Waals surface area contributed by atoms with Gasteiger partial charge in [-0.15, -0.1) is 10.2 Å². The van der Waals surface area contributed by atoms with Gasteiger partial charge in [-0.1, -0.05) is 51.9 Å². The molecule has 0 unspecified atom stereocenters. The maximum Gasteiger partial charge on any atom is 0.271 e. The highest BCUT2D eigenvalue weighted by Gasteiger charge is 2.04. The molecule has 5 heteroatoms. The van der Waals surface area contributed by atoms with Gasteiger partial charge in [0.05, 0.1) is 0 Å². The van der Waals surface area contributed by atoms with Crippen LogP contribution < -0.4 is 10.6 Å². The first-order valence-electron chi connectivity index (χ1n) is 8.07. The number of nitrogens with one attached hydrogen (secondary N) is 2. The third kappa shape index (κ3) is 7.63. The predicted octanol–water partition coefficient (Wildman–Crippen LogP) is 3.39. The van der Waals surface area contributed by atoms with Crippen LogP contribution in [-0.4, -0.2) is 29.7 Å². The van der Waals surface area contributed by atoms with Crippen molar-refractivity contribution in [1.29, 1.82) is 0 Å². The standard InChI is InChI=1S/C16H28N4O/c1-3-4-5-6-7-8-9-10-13-18-15-12-11-14(19-20-15)16(21)17-2/h11-12H,3-10,13H2,1-2H3,(H,17,21)(H,18,20). The zero-order valence-corrected chi connectivity index (χ0v) is 13.3. The molecule has 1 aromatic heterocycles. The zero-order valence-electron chi connectivity index (χ0n) is 13.3. The van der Waals surface area contributed by atoms with Crippen LogP contribution >= 0.6 is 0 Å². The minimum atomic E-state index is -0.211. The van der Waals surface area contributed by atoms with Crippen LogP contribution in [0.4, 0.5) is 5.82 Å². The predicted molar refractivity (Wildman–Crippen MR) is 86.5 cm³/mol. The van der Waals surface area contributed by atoms with Gasteiger partial charge in [0.25, 0.3) is 5.91 Å². The van der Waals surface area contributed by atoms with Gasteiger partial charge in [0.15, 0.2) is 5.69 Å².